The molecule has 0 radical (unpaired) electrons. The summed E-state index contributed by atoms with van der Waals surface area (Å²) < 4.78 is 7.68. The molecule has 1 aromatic carbocycles. The molecular weight excluding hydrogens is 274 g/mol. The summed E-state index contributed by atoms with van der Waals surface area (Å²) in [5.74, 6) is 2.00. The van der Waals surface area contributed by atoms with Crippen LogP contribution in [0.2, 0.25) is 0 Å². The maximum absolute atomic E-state index is 5.32. The number of aryl methyl sites for hydroxylation is 1. The van der Waals surface area contributed by atoms with Crippen LogP contribution in [0.15, 0.2) is 18.2 Å². The zero-order valence-electron chi connectivity index (χ0n) is 14.4. The van der Waals surface area contributed by atoms with Crippen LogP contribution < -0.4 is 10.1 Å². The number of hydrogen-bond donors (Lipinski definition) is 1. The first kappa shape index (κ1) is 16.8. The van der Waals surface area contributed by atoms with Crippen molar-refractivity contribution in [3.05, 3.63) is 24.0 Å². The van der Waals surface area contributed by atoms with E-state index in [4.69, 9.17) is 9.72 Å². The summed E-state index contributed by atoms with van der Waals surface area (Å²) in [7, 11) is 1.70. The third kappa shape index (κ3) is 3.80. The molecule has 1 heterocycles. The summed E-state index contributed by atoms with van der Waals surface area (Å²) in [6.45, 7) is 8.54. The topological polar surface area (TPSA) is 39.1 Å². The van der Waals surface area contributed by atoms with Gasteiger partial charge in [0.2, 0.25) is 0 Å². The number of rotatable bonds is 9. The van der Waals surface area contributed by atoms with Crippen LogP contribution in [0.25, 0.3) is 11.0 Å². The van der Waals surface area contributed by atoms with Crippen LogP contribution in [-0.2, 0) is 13.1 Å². The average molecular weight is 303 g/mol. The van der Waals surface area contributed by atoms with Crippen molar-refractivity contribution in [2.45, 2.75) is 65.6 Å². The van der Waals surface area contributed by atoms with Crippen LogP contribution in [0.4, 0.5) is 0 Å². The van der Waals surface area contributed by atoms with Crippen LogP contribution in [-0.4, -0.2) is 22.7 Å². The van der Waals surface area contributed by atoms with E-state index in [2.05, 4.69) is 36.7 Å². The Balaban J connectivity index is 2.29. The third-order valence-corrected chi connectivity index (χ3v) is 4.30. The fourth-order valence-corrected chi connectivity index (χ4v) is 2.80. The molecule has 0 atom stereocenters. The first-order valence-corrected chi connectivity index (χ1v) is 8.49. The van der Waals surface area contributed by atoms with Gasteiger partial charge >= 0.3 is 0 Å². The molecule has 0 fully saturated rings. The minimum atomic E-state index is 0.564. The van der Waals surface area contributed by atoms with Crippen molar-refractivity contribution in [1.29, 1.82) is 0 Å². The lowest BCUT2D eigenvalue weighted by Gasteiger charge is -2.15. The fraction of sp³-hybridized carbons (Fsp3) is 0.611. The number of benzene rings is 1. The molecule has 0 saturated carbocycles. The number of methoxy groups -OCH3 is 1. The fourth-order valence-electron chi connectivity index (χ4n) is 2.80. The molecule has 1 aromatic heterocycles. The molecule has 0 bridgehead atoms. The van der Waals surface area contributed by atoms with Crippen LogP contribution in [0.3, 0.4) is 0 Å². The van der Waals surface area contributed by atoms with Crippen molar-refractivity contribution in [1.82, 2.24) is 14.9 Å². The number of fused-ring (bicyclic) bond motifs is 1. The number of nitrogens with zero attached hydrogens (tertiary/aromatic N) is 2. The summed E-state index contributed by atoms with van der Waals surface area (Å²) in [4.78, 5) is 4.84. The minimum Gasteiger partial charge on any atom is -0.497 e. The van der Waals surface area contributed by atoms with Crippen LogP contribution in [0.5, 0.6) is 5.75 Å². The number of hydrogen-bond acceptors (Lipinski definition) is 3. The van der Waals surface area contributed by atoms with Gasteiger partial charge in [-0.1, -0.05) is 27.2 Å². The first-order valence-electron chi connectivity index (χ1n) is 8.49. The maximum Gasteiger partial charge on any atom is 0.123 e. The van der Waals surface area contributed by atoms with E-state index in [1.165, 1.54) is 18.4 Å². The monoisotopic (exact) mass is 303 g/mol. The highest BCUT2D eigenvalue weighted by Gasteiger charge is 2.12. The highest BCUT2D eigenvalue weighted by molar-refractivity contribution is 5.77. The van der Waals surface area contributed by atoms with Gasteiger partial charge in [-0.25, -0.2) is 4.98 Å². The van der Waals surface area contributed by atoms with Gasteiger partial charge in [-0.05, 0) is 31.4 Å². The van der Waals surface area contributed by atoms with Crippen molar-refractivity contribution in [3.63, 3.8) is 0 Å². The number of unbranched alkanes of at least 4 members (excludes halogenated alkanes) is 1. The highest BCUT2D eigenvalue weighted by atomic mass is 16.5. The van der Waals surface area contributed by atoms with Crippen LogP contribution in [0, 0.1) is 0 Å². The second kappa shape index (κ2) is 8.18. The first-order chi connectivity index (χ1) is 10.7. The molecule has 0 aliphatic carbocycles. The zero-order chi connectivity index (χ0) is 15.9. The molecule has 4 nitrogen and oxygen atoms in total. The van der Waals surface area contributed by atoms with E-state index in [9.17, 15) is 0 Å². The molecule has 0 unspecified atom stereocenters. The lowest BCUT2D eigenvalue weighted by Crippen LogP contribution is -2.28. The summed E-state index contributed by atoms with van der Waals surface area (Å²) in [5, 5.41) is 3.63. The van der Waals surface area contributed by atoms with Crippen molar-refractivity contribution < 1.29 is 4.74 Å². The largest absolute Gasteiger partial charge is 0.497 e. The van der Waals surface area contributed by atoms with Crippen LogP contribution >= 0.6 is 0 Å². The van der Waals surface area contributed by atoms with Crippen molar-refractivity contribution in [2.75, 3.05) is 7.11 Å². The molecule has 4 heteroatoms. The SMILES string of the molecule is CCCCn1c(CNC(CC)CC)nc2cc(OC)ccc21. The van der Waals surface area contributed by atoms with Crippen molar-refractivity contribution in [2.24, 2.45) is 0 Å². The lowest BCUT2D eigenvalue weighted by atomic mass is 10.2. The molecule has 122 valence electrons. The number of ether oxygens (including phenoxy) is 1. The van der Waals surface area contributed by atoms with E-state index in [0.29, 0.717) is 6.04 Å². The highest BCUT2D eigenvalue weighted by Crippen LogP contribution is 2.22. The van der Waals surface area contributed by atoms with Gasteiger partial charge in [0.15, 0.2) is 0 Å². The Bertz CT molecular complexity index is 587. The van der Waals surface area contributed by atoms with Gasteiger partial charge in [0.05, 0.1) is 24.7 Å². The van der Waals surface area contributed by atoms with Gasteiger partial charge in [0.1, 0.15) is 11.6 Å². The van der Waals surface area contributed by atoms with Crippen LogP contribution in [0.1, 0.15) is 52.3 Å². The van der Waals surface area contributed by atoms with E-state index in [-0.39, 0.29) is 0 Å². The van der Waals surface area contributed by atoms with Gasteiger partial charge < -0.3 is 14.6 Å². The zero-order valence-corrected chi connectivity index (χ0v) is 14.4. The van der Waals surface area contributed by atoms with E-state index in [1.807, 2.05) is 12.1 Å². The minimum absolute atomic E-state index is 0.564. The van der Waals surface area contributed by atoms with Gasteiger partial charge in [0, 0.05) is 18.7 Å². The molecule has 0 aliphatic heterocycles. The Hall–Kier alpha value is -1.55. The van der Waals surface area contributed by atoms with Gasteiger partial charge in [0.25, 0.3) is 0 Å². The van der Waals surface area contributed by atoms with E-state index in [0.717, 1.165) is 43.0 Å². The van der Waals surface area contributed by atoms with Crippen molar-refractivity contribution in [3.8, 4) is 5.75 Å². The summed E-state index contributed by atoms with van der Waals surface area (Å²) in [6, 6.07) is 6.73. The third-order valence-electron chi connectivity index (χ3n) is 4.30. The Morgan fingerprint density at radius 3 is 2.64 bits per heavy atom. The molecule has 2 aromatic rings. The Morgan fingerprint density at radius 2 is 2.00 bits per heavy atom. The van der Waals surface area contributed by atoms with E-state index >= 15 is 0 Å². The molecule has 0 saturated heterocycles. The van der Waals surface area contributed by atoms with E-state index in [1.54, 1.807) is 7.11 Å². The summed E-state index contributed by atoms with van der Waals surface area (Å²) in [5.41, 5.74) is 2.23. The van der Waals surface area contributed by atoms with Gasteiger partial charge in [-0.15, -0.1) is 0 Å². The van der Waals surface area contributed by atoms with Gasteiger partial charge in [-0.2, -0.15) is 0 Å². The maximum atomic E-state index is 5.32. The predicted octanol–water partition coefficient (Wildman–Crippen LogP) is 4.12. The van der Waals surface area contributed by atoms with E-state index < -0.39 is 0 Å². The Morgan fingerprint density at radius 1 is 1.23 bits per heavy atom. The quantitative estimate of drug-likeness (QED) is 0.757. The lowest BCUT2D eigenvalue weighted by molar-refractivity contribution is 0.415. The molecule has 1 N–H and O–H groups in total. The predicted molar refractivity (Wildman–Crippen MR) is 92.4 cm³/mol. The number of aromatic nitrogens is 2. The number of nitrogens with one attached hydrogen (secondary N) is 1. The normalized spacial score (nSPS) is 11.5. The second-order valence-electron chi connectivity index (χ2n) is 5.78. The summed E-state index contributed by atoms with van der Waals surface area (Å²) >= 11 is 0. The second-order valence-corrected chi connectivity index (χ2v) is 5.78. The molecule has 22 heavy (non-hydrogen) atoms. The summed E-state index contributed by atoms with van der Waals surface area (Å²) in [6.07, 6.45) is 4.67. The average Bonchev–Trinajstić information content (AvgIpc) is 2.90. The molecule has 0 aliphatic rings. The Kier molecular flexibility index (Phi) is 6.25. The standard InChI is InChI=1S/C18H29N3O/c1-5-8-11-21-17-10-9-15(22-4)12-16(17)20-18(21)13-19-14(6-2)7-3/h9-10,12,14,19H,5-8,11,13H2,1-4H3. The Labute approximate surface area is 133 Å². The van der Waals surface area contributed by atoms with Crippen molar-refractivity contribution >= 4 is 11.0 Å². The molecule has 2 rings (SSSR count). The smallest absolute Gasteiger partial charge is 0.123 e. The number of imidazole rings is 1. The molecule has 0 amide bonds. The van der Waals surface area contributed by atoms with Gasteiger partial charge in [-0.3, -0.25) is 0 Å². The molecular formula is C18H29N3O. The molecule has 0 spiro atoms.